The van der Waals surface area contributed by atoms with Crippen molar-refractivity contribution >= 4 is 15.9 Å². The predicted octanol–water partition coefficient (Wildman–Crippen LogP) is 3.41. The number of benzene rings is 1. The van der Waals surface area contributed by atoms with Crippen molar-refractivity contribution in [3.05, 3.63) is 40.2 Å². The van der Waals surface area contributed by atoms with E-state index >= 15 is 0 Å². The van der Waals surface area contributed by atoms with Gasteiger partial charge in [-0.1, -0.05) is 12.1 Å². The Labute approximate surface area is 119 Å². The number of aromatic nitrogens is 2. The van der Waals surface area contributed by atoms with Crippen LogP contribution >= 0.6 is 15.9 Å². The van der Waals surface area contributed by atoms with Crippen LogP contribution in [0.2, 0.25) is 0 Å². The van der Waals surface area contributed by atoms with Gasteiger partial charge in [0, 0.05) is 12.6 Å². The number of rotatable bonds is 2. The minimum atomic E-state index is -0.225. The van der Waals surface area contributed by atoms with Gasteiger partial charge in [0.1, 0.15) is 5.82 Å². The van der Waals surface area contributed by atoms with E-state index in [4.69, 9.17) is 0 Å². The molecule has 0 amide bonds. The molecule has 1 saturated heterocycles. The molecular formula is C14H15BrFN3. The molecule has 100 valence electrons. The van der Waals surface area contributed by atoms with E-state index in [0.717, 1.165) is 35.2 Å². The number of hydrogen-bond donors (Lipinski definition) is 1. The van der Waals surface area contributed by atoms with Crippen LogP contribution in [0.5, 0.6) is 0 Å². The first-order valence-electron chi connectivity index (χ1n) is 6.39. The Morgan fingerprint density at radius 2 is 2.21 bits per heavy atom. The number of aryl methyl sites for hydroxylation is 1. The molecule has 1 aromatic carbocycles. The zero-order valence-electron chi connectivity index (χ0n) is 10.7. The molecule has 1 N–H and O–H groups in total. The van der Waals surface area contributed by atoms with Crippen LogP contribution in [-0.2, 0) is 7.05 Å². The normalized spacial score (nSPS) is 19.0. The van der Waals surface area contributed by atoms with Gasteiger partial charge < -0.3 is 5.32 Å². The summed E-state index contributed by atoms with van der Waals surface area (Å²) >= 11 is 3.59. The smallest absolute Gasteiger partial charge is 0.132 e. The Morgan fingerprint density at radius 1 is 1.42 bits per heavy atom. The Kier molecular flexibility index (Phi) is 3.41. The number of nitrogens with zero attached hydrogens (tertiary/aromatic N) is 2. The van der Waals surface area contributed by atoms with E-state index in [2.05, 4.69) is 26.3 Å². The molecule has 19 heavy (non-hydrogen) atoms. The van der Waals surface area contributed by atoms with Gasteiger partial charge >= 0.3 is 0 Å². The summed E-state index contributed by atoms with van der Waals surface area (Å²) in [6.07, 6.45) is 2.23. The highest BCUT2D eigenvalue weighted by Crippen LogP contribution is 2.36. The molecule has 1 aliphatic heterocycles. The fourth-order valence-corrected chi connectivity index (χ4v) is 3.43. The Bertz CT molecular complexity index is 603. The summed E-state index contributed by atoms with van der Waals surface area (Å²) in [6, 6.07) is 7.06. The number of halogens is 2. The molecule has 1 atom stereocenters. The second-order valence-electron chi connectivity index (χ2n) is 4.80. The summed E-state index contributed by atoms with van der Waals surface area (Å²) in [5.41, 5.74) is 2.34. The monoisotopic (exact) mass is 323 g/mol. The third-order valence-electron chi connectivity index (χ3n) is 3.53. The van der Waals surface area contributed by atoms with Crippen molar-refractivity contribution in [1.29, 1.82) is 0 Å². The lowest BCUT2D eigenvalue weighted by molar-refractivity contribution is 0.604. The van der Waals surface area contributed by atoms with Gasteiger partial charge in [-0.25, -0.2) is 4.39 Å². The first kappa shape index (κ1) is 12.8. The van der Waals surface area contributed by atoms with Crippen LogP contribution in [0.3, 0.4) is 0 Å². The van der Waals surface area contributed by atoms with Gasteiger partial charge in [-0.15, -0.1) is 0 Å². The molecule has 1 aliphatic rings. The average molecular weight is 324 g/mol. The Balaban J connectivity index is 2.10. The minimum Gasteiger partial charge on any atom is -0.309 e. The maximum absolute atomic E-state index is 13.9. The molecule has 0 radical (unpaired) electrons. The summed E-state index contributed by atoms with van der Waals surface area (Å²) < 4.78 is 16.6. The molecule has 1 fully saturated rings. The highest BCUT2D eigenvalue weighted by atomic mass is 79.9. The lowest BCUT2D eigenvalue weighted by atomic mass is 10.1. The van der Waals surface area contributed by atoms with Gasteiger partial charge in [0.25, 0.3) is 0 Å². The van der Waals surface area contributed by atoms with E-state index in [0.29, 0.717) is 5.56 Å². The molecule has 0 spiro atoms. The maximum atomic E-state index is 13.9. The van der Waals surface area contributed by atoms with Crippen LogP contribution in [0.4, 0.5) is 4.39 Å². The van der Waals surface area contributed by atoms with Crippen molar-refractivity contribution in [2.24, 2.45) is 7.05 Å². The maximum Gasteiger partial charge on any atom is 0.132 e. The first-order chi connectivity index (χ1) is 9.18. The van der Waals surface area contributed by atoms with Crippen molar-refractivity contribution in [2.75, 3.05) is 6.54 Å². The highest BCUT2D eigenvalue weighted by molar-refractivity contribution is 9.10. The summed E-state index contributed by atoms with van der Waals surface area (Å²) in [7, 11) is 1.85. The molecule has 0 bridgehead atoms. The van der Waals surface area contributed by atoms with Crippen molar-refractivity contribution in [3.8, 4) is 11.3 Å². The van der Waals surface area contributed by atoms with Gasteiger partial charge in [0.05, 0.1) is 21.9 Å². The second-order valence-corrected chi connectivity index (χ2v) is 5.59. The molecule has 0 saturated carbocycles. The summed E-state index contributed by atoms with van der Waals surface area (Å²) in [4.78, 5) is 0. The standard InChI is InChI=1S/C14H15BrFN3/c1-19-14(9-5-2-3-6-10(9)16)12(15)13(18-19)11-7-4-8-17-11/h2-3,5-6,11,17H,4,7-8H2,1H3. The van der Waals surface area contributed by atoms with Crippen LogP contribution in [0.1, 0.15) is 24.6 Å². The minimum absolute atomic E-state index is 0.225. The topological polar surface area (TPSA) is 29.9 Å². The molecule has 3 rings (SSSR count). The fourth-order valence-electron chi connectivity index (χ4n) is 2.61. The fraction of sp³-hybridized carbons (Fsp3) is 0.357. The van der Waals surface area contributed by atoms with Crippen LogP contribution in [-0.4, -0.2) is 16.3 Å². The van der Waals surface area contributed by atoms with Gasteiger partial charge in [0.15, 0.2) is 0 Å². The quantitative estimate of drug-likeness (QED) is 0.917. The average Bonchev–Trinajstić information content (AvgIpc) is 3.00. The van der Waals surface area contributed by atoms with Crippen molar-refractivity contribution in [1.82, 2.24) is 15.1 Å². The van der Waals surface area contributed by atoms with Crippen molar-refractivity contribution in [3.63, 3.8) is 0 Å². The third kappa shape index (κ3) is 2.21. The van der Waals surface area contributed by atoms with Gasteiger partial charge in [0.2, 0.25) is 0 Å². The predicted molar refractivity (Wildman–Crippen MR) is 76.3 cm³/mol. The van der Waals surface area contributed by atoms with E-state index in [-0.39, 0.29) is 11.9 Å². The van der Waals surface area contributed by atoms with E-state index in [1.165, 1.54) is 6.07 Å². The zero-order valence-corrected chi connectivity index (χ0v) is 12.2. The largest absolute Gasteiger partial charge is 0.309 e. The van der Waals surface area contributed by atoms with Crippen LogP contribution in [0, 0.1) is 5.82 Å². The van der Waals surface area contributed by atoms with Crippen LogP contribution in [0.25, 0.3) is 11.3 Å². The SMILES string of the molecule is Cn1nc(C2CCCN2)c(Br)c1-c1ccccc1F. The van der Waals surface area contributed by atoms with Crippen molar-refractivity contribution in [2.45, 2.75) is 18.9 Å². The van der Waals surface area contributed by atoms with Crippen molar-refractivity contribution < 1.29 is 4.39 Å². The van der Waals surface area contributed by atoms with Gasteiger partial charge in [-0.05, 0) is 47.4 Å². The van der Waals surface area contributed by atoms with Crippen LogP contribution < -0.4 is 5.32 Å². The van der Waals surface area contributed by atoms with E-state index in [1.807, 2.05) is 13.1 Å². The highest BCUT2D eigenvalue weighted by Gasteiger charge is 2.25. The van der Waals surface area contributed by atoms with Crippen LogP contribution in [0.15, 0.2) is 28.7 Å². The molecule has 1 unspecified atom stereocenters. The number of nitrogens with one attached hydrogen (secondary N) is 1. The zero-order chi connectivity index (χ0) is 13.4. The molecule has 3 nitrogen and oxygen atoms in total. The molecule has 5 heteroatoms. The van der Waals surface area contributed by atoms with Gasteiger partial charge in [-0.2, -0.15) is 5.10 Å². The second kappa shape index (κ2) is 5.06. The number of hydrogen-bond acceptors (Lipinski definition) is 2. The Hall–Kier alpha value is -1.20. The Morgan fingerprint density at radius 3 is 2.89 bits per heavy atom. The third-order valence-corrected chi connectivity index (χ3v) is 4.32. The lowest BCUT2D eigenvalue weighted by Crippen LogP contribution is -2.14. The molecule has 2 aromatic rings. The molecule has 1 aromatic heterocycles. The first-order valence-corrected chi connectivity index (χ1v) is 7.18. The molecule has 0 aliphatic carbocycles. The molecular weight excluding hydrogens is 309 g/mol. The lowest BCUT2D eigenvalue weighted by Gasteiger charge is -2.07. The molecule has 2 heterocycles. The van der Waals surface area contributed by atoms with E-state index in [1.54, 1.807) is 16.8 Å². The summed E-state index contributed by atoms with van der Waals surface area (Å²) in [5.74, 6) is -0.225. The summed E-state index contributed by atoms with van der Waals surface area (Å²) in [6.45, 7) is 1.02. The van der Waals surface area contributed by atoms with E-state index < -0.39 is 0 Å². The summed E-state index contributed by atoms with van der Waals surface area (Å²) in [5, 5.41) is 7.97. The van der Waals surface area contributed by atoms with E-state index in [9.17, 15) is 4.39 Å². The van der Waals surface area contributed by atoms with Gasteiger partial charge in [-0.3, -0.25) is 4.68 Å².